The van der Waals surface area contributed by atoms with E-state index in [1.807, 2.05) is 51.1 Å². The maximum Gasteiger partial charge on any atom is 0.328 e. The van der Waals surface area contributed by atoms with E-state index in [9.17, 15) is 14.4 Å². The summed E-state index contributed by atoms with van der Waals surface area (Å²) >= 11 is 0. The maximum absolute atomic E-state index is 13.4. The Kier molecular flexibility index (Phi) is 13.0. The van der Waals surface area contributed by atoms with Crippen molar-refractivity contribution in [2.24, 2.45) is 17.8 Å². The number of esters is 1. The first kappa shape index (κ1) is 27.4. The molecule has 0 saturated carbocycles. The topological polar surface area (TPSA) is 93.7 Å². The van der Waals surface area contributed by atoms with Crippen molar-refractivity contribution in [2.45, 2.75) is 59.4 Å². The summed E-state index contributed by atoms with van der Waals surface area (Å²) in [7, 11) is 0. The minimum Gasteiger partial charge on any atom is -0.464 e. The van der Waals surface area contributed by atoms with Crippen LogP contribution >= 0.6 is 0 Å². The Morgan fingerprint density at radius 1 is 1.06 bits per heavy atom. The number of hydrogen-bond donors (Lipinski definition) is 2. The fraction of sp³-hybridized carbons (Fsp3) is 0.560. The quantitative estimate of drug-likeness (QED) is 0.186. The number of ether oxygens (including phenoxy) is 1. The van der Waals surface area contributed by atoms with Gasteiger partial charge in [0, 0.05) is 6.42 Å². The molecule has 1 aromatic carbocycles. The highest BCUT2D eigenvalue weighted by Crippen LogP contribution is 2.25. The Morgan fingerprint density at radius 2 is 1.75 bits per heavy atom. The van der Waals surface area contributed by atoms with E-state index in [0.717, 1.165) is 12.0 Å². The lowest BCUT2D eigenvalue weighted by molar-refractivity contribution is -0.149. The van der Waals surface area contributed by atoms with Crippen molar-refractivity contribution in [3.8, 4) is 0 Å². The van der Waals surface area contributed by atoms with Crippen molar-refractivity contribution in [3.63, 3.8) is 0 Å². The number of amides is 2. The maximum atomic E-state index is 13.4. The van der Waals surface area contributed by atoms with Crippen molar-refractivity contribution >= 4 is 17.8 Å². The van der Waals surface area contributed by atoms with Gasteiger partial charge in [0.2, 0.25) is 11.8 Å². The molecule has 0 aliphatic rings. The SMILES string of the molecule is C=CC[C@H](C(=O)NOCCC)[C@@H](CC(C)C)C(=O)N[C@@H](Cc1ccccc1)C(=O)OCC. The second-order valence-electron chi connectivity index (χ2n) is 8.18. The van der Waals surface area contributed by atoms with Gasteiger partial charge in [0.05, 0.1) is 25.0 Å². The number of carbonyl (C=O) groups excluding carboxylic acids is 3. The summed E-state index contributed by atoms with van der Waals surface area (Å²) in [6.45, 7) is 12.0. The Hall–Kier alpha value is -2.67. The van der Waals surface area contributed by atoms with Crippen LogP contribution in [0.3, 0.4) is 0 Å². The molecule has 0 radical (unpaired) electrons. The Bertz CT molecular complexity index is 720. The van der Waals surface area contributed by atoms with Gasteiger partial charge in [-0.3, -0.25) is 14.4 Å². The lowest BCUT2D eigenvalue weighted by Gasteiger charge is -2.28. The third-order valence-corrected chi connectivity index (χ3v) is 4.95. The minimum atomic E-state index is -0.844. The molecule has 0 fully saturated rings. The third kappa shape index (κ3) is 9.64. The van der Waals surface area contributed by atoms with Crippen LogP contribution in [-0.2, 0) is 30.4 Å². The molecule has 1 rings (SSSR count). The molecule has 3 atom stereocenters. The van der Waals surface area contributed by atoms with Gasteiger partial charge in [0.1, 0.15) is 6.04 Å². The van der Waals surface area contributed by atoms with Crippen LogP contribution < -0.4 is 10.8 Å². The normalized spacial score (nSPS) is 13.7. The van der Waals surface area contributed by atoms with E-state index < -0.39 is 23.8 Å². The first-order valence-corrected chi connectivity index (χ1v) is 11.4. The highest BCUT2D eigenvalue weighted by Gasteiger charge is 2.35. The summed E-state index contributed by atoms with van der Waals surface area (Å²) in [6.07, 6.45) is 3.47. The first-order valence-electron chi connectivity index (χ1n) is 11.4. The summed E-state index contributed by atoms with van der Waals surface area (Å²) in [5.41, 5.74) is 3.36. The molecule has 0 heterocycles. The van der Waals surface area contributed by atoms with Gasteiger partial charge in [0.15, 0.2) is 0 Å². The summed E-state index contributed by atoms with van der Waals surface area (Å²) in [5.74, 6) is -2.36. The zero-order valence-corrected chi connectivity index (χ0v) is 19.8. The first-order chi connectivity index (χ1) is 15.3. The van der Waals surface area contributed by atoms with Crippen LogP contribution in [0.2, 0.25) is 0 Å². The average Bonchev–Trinajstić information content (AvgIpc) is 2.76. The molecule has 0 unspecified atom stereocenters. The van der Waals surface area contributed by atoms with E-state index in [1.165, 1.54) is 0 Å². The van der Waals surface area contributed by atoms with E-state index in [2.05, 4.69) is 17.4 Å². The zero-order chi connectivity index (χ0) is 23.9. The van der Waals surface area contributed by atoms with Gasteiger partial charge in [-0.25, -0.2) is 10.3 Å². The largest absolute Gasteiger partial charge is 0.464 e. The van der Waals surface area contributed by atoms with Crippen LogP contribution in [0.15, 0.2) is 43.0 Å². The summed E-state index contributed by atoms with van der Waals surface area (Å²) in [5, 5.41) is 2.85. The number of allylic oxidation sites excluding steroid dienone is 1. The number of nitrogens with one attached hydrogen (secondary N) is 2. The highest BCUT2D eigenvalue weighted by atomic mass is 16.6. The number of rotatable bonds is 15. The molecule has 7 nitrogen and oxygen atoms in total. The van der Waals surface area contributed by atoms with Crippen molar-refractivity contribution in [1.29, 1.82) is 0 Å². The van der Waals surface area contributed by atoms with Gasteiger partial charge < -0.3 is 10.1 Å². The monoisotopic (exact) mass is 446 g/mol. The van der Waals surface area contributed by atoms with Crippen molar-refractivity contribution in [1.82, 2.24) is 10.8 Å². The zero-order valence-electron chi connectivity index (χ0n) is 19.8. The third-order valence-electron chi connectivity index (χ3n) is 4.95. The molecule has 2 N–H and O–H groups in total. The van der Waals surface area contributed by atoms with E-state index in [4.69, 9.17) is 9.57 Å². The summed E-state index contributed by atoms with van der Waals surface area (Å²) < 4.78 is 5.19. The molecule has 1 aromatic rings. The number of hydrogen-bond acceptors (Lipinski definition) is 5. The van der Waals surface area contributed by atoms with Crippen LogP contribution in [0, 0.1) is 17.8 Å². The molecule has 0 saturated heterocycles. The van der Waals surface area contributed by atoms with Gasteiger partial charge in [-0.05, 0) is 37.7 Å². The van der Waals surface area contributed by atoms with Gasteiger partial charge in [-0.15, -0.1) is 6.58 Å². The second-order valence-corrected chi connectivity index (χ2v) is 8.18. The van der Waals surface area contributed by atoms with Gasteiger partial charge in [-0.1, -0.05) is 57.2 Å². The molecule has 32 heavy (non-hydrogen) atoms. The predicted octanol–water partition coefficient (Wildman–Crippen LogP) is 3.59. The Morgan fingerprint density at radius 3 is 2.31 bits per heavy atom. The summed E-state index contributed by atoms with van der Waals surface area (Å²) in [6, 6.07) is 8.58. The standard InChI is InChI=1S/C25H38N2O5/c1-6-12-20(24(29)27-32-15-7-2)21(16-18(4)5)23(28)26-22(25(30)31-8-3)17-19-13-10-9-11-14-19/h6,9-11,13-14,18,20-22H,1,7-8,12,15-17H2,2-5H3,(H,26,28)(H,27,29)/t20-,21+,22-/m0/s1. The lowest BCUT2D eigenvalue weighted by atomic mass is 9.82. The average molecular weight is 447 g/mol. The van der Waals surface area contributed by atoms with Crippen LogP contribution in [0.4, 0.5) is 0 Å². The van der Waals surface area contributed by atoms with E-state index in [-0.39, 0.29) is 24.3 Å². The molecule has 0 aromatic heterocycles. The second kappa shape index (κ2) is 15.2. The summed E-state index contributed by atoms with van der Waals surface area (Å²) in [4.78, 5) is 43.9. The van der Waals surface area contributed by atoms with E-state index >= 15 is 0 Å². The van der Waals surface area contributed by atoms with E-state index in [0.29, 0.717) is 25.9 Å². The molecular formula is C25H38N2O5. The number of carbonyl (C=O) groups is 3. The van der Waals surface area contributed by atoms with Crippen molar-refractivity contribution in [2.75, 3.05) is 13.2 Å². The van der Waals surface area contributed by atoms with Gasteiger partial charge >= 0.3 is 5.97 Å². The highest BCUT2D eigenvalue weighted by molar-refractivity contribution is 5.90. The molecular weight excluding hydrogens is 408 g/mol. The Labute approximate surface area is 191 Å². The lowest BCUT2D eigenvalue weighted by Crippen LogP contribution is -2.49. The smallest absolute Gasteiger partial charge is 0.328 e. The van der Waals surface area contributed by atoms with Gasteiger partial charge in [-0.2, -0.15) is 0 Å². The van der Waals surface area contributed by atoms with Crippen LogP contribution in [0.25, 0.3) is 0 Å². The molecule has 7 heteroatoms. The van der Waals surface area contributed by atoms with Gasteiger partial charge in [0.25, 0.3) is 0 Å². The molecule has 2 amide bonds. The molecule has 178 valence electrons. The van der Waals surface area contributed by atoms with Crippen molar-refractivity contribution < 1.29 is 24.0 Å². The molecule has 0 aliphatic carbocycles. The van der Waals surface area contributed by atoms with Crippen LogP contribution in [0.5, 0.6) is 0 Å². The minimum absolute atomic E-state index is 0.164. The molecule has 0 spiro atoms. The predicted molar refractivity (Wildman–Crippen MR) is 124 cm³/mol. The molecule has 0 aliphatic heterocycles. The molecule has 0 bridgehead atoms. The fourth-order valence-electron chi connectivity index (χ4n) is 3.46. The fourth-order valence-corrected chi connectivity index (χ4v) is 3.46. The number of hydroxylamine groups is 1. The van der Waals surface area contributed by atoms with E-state index in [1.54, 1.807) is 13.0 Å². The number of benzene rings is 1. The van der Waals surface area contributed by atoms with Crippen LogP contribution in [0.1, 0.15) is 52.5 Å². The van der Waals surface area contributed by atoms with Crippen molar-refractivity contribution in [3.05, 3.63) is 48.6 Å². The Balaban J connectivity index is 3.09. The van der Waals surface area contributed by atoms with Crippen LogP contribution in [-0.4, -0.2) is 37.0 Å².